The lowest BCUT2D eigenvalue weighted by atomic mass is 9.70. The molecule has 2 aliphatic heterocycles. The zero-order valence-corrected chi connectivity index (χ0v) is 18.3. The lowest BCUT2D eigenvalue weighted by Gasteiger charge is -2.38. The molecule has 5 saturated carbocycles. The van der Waals surface area contributed by atoms with Crippen molar-refractivity contribution in [1.29, 1.82) is 0 Å². The molecule has 12 unspecified atom stereocenters. The SMILES string of the molecule is O=C1C2CC3C(CC2C2SC4CCCCC4C12)C(=O)C1C2CCCCC2SC31. The molecule has 2 heterocycles. The fraction of sp³-hybridized carbons (Fsp3) is 0.917. The second-order valence-electron chi connectivity index (χ2n) is 11.0. The van der Waals surface area contributed by atoms with Gasteiger partial charge in [0.05, 0.1) is 0 Å². The number of rotatable bonds is 0. The van der Waals surface area contributed by atoms with Gasteiger partial charge in [0.2, 0.25) is 0 Å². The van der Waals surface area contributed by atoms with Gasteiger partial charge in [0.25, 0.3) is 0 Å². The average Bonchev–Trinajstić information content (AvgIpc) is 3.42. The van der Waals surface area contributed by atoms with Crippen LogP contribution in [0.25, 0.3) is 0 Å². The summed E-state index contributed by atoms with van der Waals surface area (Å²) in [4.78, 5) is 27.2. The molecule has 2 saturated heterocycles. The molecule has 5 aliphatic carbocycles. The number of fused-ring (bicyclic) bond motifs is 10. The van der Waals surface area contributed by atoms with Crippen LogP contribution in [-0.4, -0.2) is 32.6 Å². The maximum Gasteiger partial charge on any atom is 0.140 e. The number of hydrogen-bond acceptors (Lipinski definition) is 4. The first-order valence-corrected chi connectivity index (χ1v) is 14.0. The zero-order valence-electron chi connectivity index (χ0n) is 16.6. The van der Waals surface area contributed by atoms with E-state index in [2.05, 4.69) is 23.5 Å². The third-order valence-electron chi connectivity index (χ3n) is 10.1. The van der Waals surface area contributed by atoms with Gasteiger partial charge in [0.15, 0.2) is 0 Å². The predicted molar refractivity (Wildman–Crippen MR) is 114 cm³/mol. The van der Waals surface area contributed by atoms with Gasteiger partial charge in [-0.1, -0.05) is 25.7 Å². The van der Waals surface area contributed by atoms with Crippen LogP contribution in [0.5, 0.6) is 0 Å². The predicted octanol–water partition coefficient (Wildman–Crippen LogP) is 4.99. The van der Waals surface area contributed by atoms with E-state index in [1.165, 1.54) is 51.4 Å². The Labute approximate surface area is 177 Å². The fourth-order valence-corrected chi connectivity index (χ4v) is 13.5. The van der Waals surface area contributed by atoms with Crippen LogP contribution in [0, 0.1) is 47.3 Å². The summed E-state index contributed by atoms with van der Waals surface area (Å²) >= 11 is 4.38. The van der Waals surface area contributed by atoms with Gasteiger partial charge in [0, 0.05) is 44.7 Å². The van der Waals surface area contributed by atoms with E-state index in [0.29, 0.717) is 69.4 Å². The largest absolute Gasteiger partial charge is 0.299 e. The van der Waals surface area contributed by atoms with Crippen molar-refractivity contribution >= 4 is 35.1 Å². The molecule has 7 fully saturated rings. The zero-order chi connectivity index (χ0) is 18.6. The van der Waals surface area contributed by atoms with Crippen molar-refractivity contribution in [3.63, 3.8) is 0 Å². The topological polar surface area (TPSA) is 34.1 Å². The summed E-state index contributed by atoms with van der Waals surface area (Å²) in [5, 5.41) is 2.64. The third kappa shape index (κ3) is 2.21. The van der Waals surface area contributed by atoms with E-state index in [9.17, 15) is 9.59 Å². The van der Waals surface area contributed by atoms with E-state index in [4.69, 9.17) is 0 Å². The van der Waals surface area contributed by atoms with Gasteiger partial charge >= 0.3 is 0 Å². The van der Waals surface area contributed by atoms with E-state index in [1.54, 1.807) is 0 Å². The van der Waals surface area contributed by atoms with Gasteiger partial charge in [-0.05, 0) is 62.2 Å². The Morgan fingerprint density at radius 3 is 1.46 bits per heavy atom. The molecule has 0 aromatic carbocycles. The molecule has 0 aromatic rings. The van der Waals surface area contributed by atoms with Crippen LogP contribution < -0.4 is 0 Å². The summed E-state index contributed by atoms with van der Waals surface area (Å²) in [5.74, 6) is 5.03. The van der Waals surface area contributed by atoms with Crippen molar-refractivity contribution in [2.75, 3.05) is 0 Å². The molecule has 0 amide bonds. The minimum absolute atomic E-state index is 0.307. The smallest absolute Gasteiger partial charge is 0.140 e. The van der Waals surface area contributed by atoms with Crippen molar-refractivity contribution in [1.82, 2.24) is 0 Å². The summed E-state index contributed by atoms with van der Waals surface area (Å²) in [6.45, 7) is 0. The second-order valence-corrected chi connectivity index (χ2v) is 13.9. The summed E-state index contributed by atoms with van der Waals surface area (Å²) < 4.78 is 0. The third-order valence-corrected chi connectivity index (χ3v) is 13.9. The molecular formula is C24H32O2S2. The minimum atomic E-state index is 0.307. The van der Waals surface area contributed by atoms with Gasteiger partial charge in [0.1, 0.15) is 11.6 Å². The molecule has 0 bridgehead atoms. The second kappa shape index (κ2) is 6.28. The highest BCUT2D eigenvalue weighted by atomic mass is 32.2. The van der Waals surface area contributed by atoms with Crippen LogP contribution >= 0.6 is 23.5 Å². The quantitative estimate of drug-likeness (QED) is 0.557. The number of Topliss-reactive ketones (excluding diaryl/α,β-unsaturated/α-hetero) is 2. The van der Waals surface area contributed by atoms with Crippen LogP contribution in [0.2, 0.25) is 0 Å². The molecule has 7 rings (SSSR count). The summed E-state index contributed by atoms with van der Waals surface area (Å²) in [5.41, 5.74) is 0. The molecule has 4 heteroatoms. The van der Waals surface area contributed by atoms with Crippen molar-refractivity contribution in [2.45, 2.75) is 85.2 Å². The van der Waals surface area contributed by atoms with Crippen LogP contribution in [0.3, 0.4) is 0 Å². The lowest BCUT2D eigenvalue weighted by Crippen LogP contribution is -2.37. The van der Waals surface area contributed by atoms with E-state index >= 15 is 0 Å². The van der Waals surface area contributed by atoms with Crippen molar-refractivity contribution in [3.8, 4) is 0 Å². The number of carbonyl (C=O) groups excluding carboxylic acids is 2. The molecule has 2 nitrogen and oxygen atoms in total. The fourth-order valence-electron chi connectivity index (χ4n) is 9.09. The number of ketones is 2. The van der Waals surface area contributed by atoms with Crippen LogP contribution in [0.4, 0.5) is 0 Å². The lowest BCUT2D eigenvalue weighted by molar-refractivity contribution is -0.130. The average molecular weight is 417 g/mol. The first-order valence-electron chi connectivity index (χ1n) is 12.1. The molecule has 0 radical (unpaired) electrons. The molecule has 0 aromatic heterocycles. The van der Waals surface area contributed by atoms with Crippen LogP contribution in [-0.2, 0) is 9.59 Å². The molecule has 12 atom stereocenters. The maximum absolute atomic E-state index is 13.6. The highest BCUT2D eigenvalue weighted by molar-refractivity contribution is 8.01. The number of carbonyl (C=O) groups is 2. The Morgan fingerprint density at radius 2 is 1.00 bits per heavy atom. The van der Waals surface area contributed by atoms with E-state index in [-0.39, 0.29) is 0 Å². The van der Waals surface area contributed by atoms with Gasteiger partial charge < -0.3 is 0 Å². The van der Waals surface area contributed by atoms with Crippen molar-refractivity contribution in [3.05, 3.63) is 0 Å². The number of hydrogen-bond donors (Lipinski definition) is 0. The Hall–Kier alpha value is 0.0400. The minimum Gasteiger partial charge on any atom is -0.299 e. The van der Waals surface area contributed by atoms with Crippen molar-refractivity contribution in [2.24, 2.45) is 47.3 Å². The Balaban J connectivity index is 1.18. The van der Waals surface area contributed by atoms with E-state index < -0.39 is 0 Å². The van der Waals surface area contributed by atoms with Gasteiger partial charge in [-0.25, -0.2) is 0 Å². The highest BCUT2D eigenvalue weighted by Gasteiger charge is 2.66. The maximum atomic E-state index is 13.6. The summed E-state index contributed by atoms with van der Waals surface area (Å²) in [7, 11) is 0. The van der Waals surface area contributed by atoms with Crippen molar-refractivity contribution < 1.29 is 9.59 Å². The Morgan fingerprint density at radius 1 is 0.571 bits per heavy atom. The Bertz CT molecular complexity index is 661. The molecule has 0 spiro atoms. The van der Waals surface area contributed by atoms with E-state index in [0.717, 1.165) is 23.3 Å². The molecule has 0 N–H and O–H groups in total. The molecule has 7 aliphatic rings. The highest BCUT2D eigenvalue weighted by Crippen LogP contribution is 2.66. The van der Waals surface area contributed by atoms with Gasteiger partial charge in [-0.3, -0.25) is 9.59 Å². The van der Waals surface area contributed by atoms with Crippen LogP contribution in [0.1, 0.15) is 64.2 Å². The van der Waals surface area contributed by atoms with Gasteiger partial charge in [-0.15, -0.1) is 0 Å². The molecule has 152 valence electrons. The Kier molecular flexibility index (Phi) is 3.97. The normalized spacial score (nSPS) is 59.3. The van der Waals surface area contributed by atoms with Crippen LogP contribution in [0.15, 0.2) is 0 Å². The summed E-state index contributed by atoms with van der Waals surface area (Å²) in [6, 6.07) is 0. The standard InChI is InChI=1S/C24H32O2S2/c25-21-13-9-16-14(22(26)20-12-6-2-4-8-18(12)28-24(16)20)10-15(13)23-19(21)11-5-1-3-7-17(11)27-23/h11-20,23-24H,1-10H2. The molecular weight excluding hydrogens is 384 g/mol. The summed E-state index contributed by atoms with van der Waals surface area (Å²) in [6.07, 6.45) is 12.8. The number of thioether (sulfide) groups is 2. The first-order chi connectivity index (χ1) is 13.7. The monoisotopic (exact) mass is 416 g/mol. The van der Waals surface area contributed by atoms with E-state index in [1.807, 2.05) is 0 Å². The van der Waals surface area contributed by atoms with Gasteiger partial charge in [-0.2, -0.15) is 23.5 Å². The first kappa shape index (κ1) is 17.7. The molecule has 28 heavy (non-hydrogen) atoms.